The van der Waals surface area contributed by atoms with Gasteiger partial charge in [0.25, 0.3) is 0 Å². The van der Waals surface area contributed by atoms with Crippen LogP contribution in [0.25, 0.3) is 0 Å². The van der Waals surface area contributed by atoms with Gasteiger partial charge in [-0.1, -0.05) is 12.1 Å². The van der Waals surface area contributed by atoms with E-state index in [1.165, 1.54) is 0 Å². The highest BCUT2D eigenvalue weighted by Gasteiger charge is 2.03. The Kier molecular flexibility index (Phi) is 2.83. The minimum absolute atomic E-state index is 0.454. The summed E-state index contributed by atoms with van der Waals surface area (Å²) in [7, 11) is 0. The lowest BCUT2D eigenvalue weighted by Gasteiger charge is -2.05. The zero-order valence-corrected chi connectivity index (χ0v) is 7.72. The second-order valence-electron chi connectivity index (χ2n) is 2.50. The second kappa shape index (κ2) is 3.69. The van der Waals surface area contributed by atoms with Crippen molar-refractivity contribution in [2.75, 3.05) is 0 Å². The van der Waals surface area contributed by atoms with Gasteiger partial charge in [0.15, 0.2) is 0 Å². The molecule has 1 rings (SSSR count). The minimum atomic E-state index is -2.24. The van der Waals surface area contributed by atoms with Gasteiger partial charge in [0, 0.05) is 0 Å². The van der Waals surface area contributed by atoms with Crippen molar-refractivity contribution in [3.8, 4) is 5.75 Å². The summed E-state index contributed by atoms with van der Waals surface area (Å²) in [4.78, 5) is 0. The number of hydrogen-bond acceptors (Lipinski definition) is 2. The molecule has 0 bridgehead atoms. The summed E-state index contributed by atoms with van der Waals surface area (Å²) < 4.78 is 23.4. The smallest absolute Gasteiger partial charge is 0.357 e. The molecule has 1 atom stereocenters. The first-order valence-corrected chi connectivity index (χ1v) is 4.50. The van der Waals surface area contributed by atoms with Gasteiger partial charge in [0.2, 0.25) is 0 Å². The molecule has 4 heteroatoms. The summed E-state index contributed by atoms with van der Waals surface area (Å²) in [6, 6.07) is 5.36. The van der Waals surface area contributed by atoms with E-state index in [0.29, 0.717) is 5.75 Å². The molecule has 1 N–H and O–H groups in total. The van der Waals surface area contributed by atoms with Crippen LogP contribution in [0.3, 0.4) is 0 Å². The molecule has 0 aliphatic carbocycles. The molecule has 1 aromatic rings. The topological polar surface area (TPSA) is 46.5 Å². The standard InChI is InChI=1S/C8H10O3S/c1-6-4-3-5-8(7(6)2)11-12(9)10/h3-5H,1-2H3,(H,9,10). The summed E-state index contributed by atoms with van der Waals surface area (Å²) in [6.45, 7) is 3.76. The quantitative estimate of drug-likeness (QED) is 0.716. The van der Waals surface area contributed by atoms with Crippen LogP contribution in [0.2, 0.25) is 0 Å². The molecule has 0 heterocycles. The molecular formula is C8H10O3S. The maximum Gasteiger partial charge on any atom is 0.357 e. The van der Waals surface area contributed by atoms with Crippen molar-refractivity contribution in [1.29, 1.82) is 0 Å². The zero-order chi connectivity index (χ0) is 9.14. The van der Waals surface area contributed by atoms with Crippen LogP contribution in [0.4, 0.5) is 0 Å². The molecule has 1 aromatic carbocycles. The molecule has 12 heavy (non-hydrogen) atoms. The third-order valence-corrected chi connectivity index (χ3v) is 2.04. The highest BCUT2D eigenvalue weighted by molar-refractivity contribution is 7.74. The molecule has 3 nitrogen and oxygen atoms in total. The van der Waals surface area contributed by atoms with Crippen LogP contribution in [0.5, 0.6) is 5.75 Å². The number of rotatable bonds is 2. The van der Waals surface area contributed by atoms with E-state index >= 15 is 0 Å². The maximum atomic E-state index is 10.3. The molecule has 1 unspecified atom stereocenters. The summed E-state index contributed by atoms with van der Waals surface area (Å²) in [5, 5.41) is 0. The largest absolute Gasteiger partial charge is 0.380 e. The fourth-order valence-electron chi connectivity index (χ4n) is 0.891. The minimum Gasteiger partial charge on any atom is -0.380 e. The van der Waals surface area contributed by atoms with Crippen LogP contribution in [-0.2, 0) is 11.4 Å². The molecule has 0 fully saturated rings. The van der Waals surface area contributed by atoms with E-state index in [0.717, 1.165) is 11.1 Å². The van der Waals surface area contributed by atoms with E-state index in [2.05, 4.69) is 4.18 Å². The Balaban J connectivity index is 3.00. The number of aryl methyl sites for hydroxylation is 1. The molecule has 0 aliphatic heterocycles. The van der Waals surface area contributed by atoms with Crippen molar-refractivity contribution >= 4 is 11.4 Å². The van der Waals surface area contributed by atoms with E-state index < -0.39 is 11.4 Å². The van der Waals surface area contributed by atoms with Crippen molar-refractivity contribution in [3.63, 3.8) is 0 Å². The molecule has 0 saturated heterocycles. The van der Waals surface area contributed by atoms with Crippen molar-refractivity contribution in [1.82, 2.24) is 0 Å². The number of hydrogen-bond donors (Lipinski definition) is 1. The highest BCUT2D eigenvalue weighted by Crippen LogP contribution is 2.20. The lowest BCUT2D eigenvalue weighted by atomic mass is 10.1. The molecule has 0 aliphatic rings. The van der Waals surface area contributed by atoms with E-state index in [-0.39, 0.29) is 0 Å². The zero-order valence-electron chi connectivity index (χ0n) is 6.90. The SMILES string of the molecule is Cc1cccc(OS(=O)O)c1C. The van der Waals surface area contributed by atoms with Gasteiger partial charge >= 0.3 is 11.4 Å². The first kappa shape index (κ1) is 9.22. The van der Waals surface area contributed by atoms with Crippen molar-refractivity contribution < 1.29 is 12.9 Å². The highest BCUT2D eigenvalue weighted by atomic mass is 32.2. The predicted molar refractivity (Wildman–Crippen MR) is 47.3 cm³/mol. The van der Waals surface area contributed by atoms with Gasteiger partial charge < -0.3 is 4.18 Å². The molecular weight excluding hydrogens is 176 g/mol. The normalized spacial score (nSPS) is 12.6. The summed E-state index contributed by atoms with van der Waals surface area (Å²) in [5.41, 5.74) is 1.93. The Hall–Kier alpha value is -0.870. The summed E-state index contributed by atoms with van der Waals surface area (Å²) in [6.07, 6.45) is 0. The van der Waals surface area contributed by atoms with Crippen LogP contribution >= 0.6 is 0 Å². The Labute approximate surface area is 73.9 Å². The predicted octanol–water partition coefficient (Wildman–Crippen LogP) is 1.82. The fourth-order valence-corrected chi connectivity index (χ4v) is 1.23. The van der Waals surface area contributed by atoms with Gasteiger partial charge in [-0.25, -0.2) is 0 Å². The summed E-state index contributed by atoms with van der Waals surface area (Å²) in [5.74, 6) is 0.454. The monoisotopic (exact) mass is 186 g/mol. The first-order valence-electron chi connectivity index (χ1n) is 3.46. The van der Waals surface area contributed by atoms with Crippen LogP contribution in [-0.4, -0.2) is 8.76 Å². The second-order valence-corrected chi connectivity index (χ2v) is 3.10. The third kappa shape index (κ3) is 2.06. The average Bonchev–Trinajstić information content (AvgIpc) is 1.98. The molecule has 0 saturated carbocycles. The number of benzene rings is 1. The van der Waals surface area contributed by atoms with E-state index in [1.54, 1.807) is 12.1 Å². The van der Waals surface area contributed by atoms with Crippen molar-refractivity contribution in [2.45, 2.75) is 13.8 Å². The average molecular weight is 186 g/mol. The first-order chi connectivity index (χ1) is 5.61. The molecule has 0 spiro atoms. The van der Waals surface area contributed by atoms with Gasteiger partial charge in [-0.15, -0.1) is 0 Å². The molecule has 0 aromatic heterocycles. The van der Waals surface area contributed by atoms with Crippen LogP contribution in [0, 0.1) is 13.8 Å². The van der Waals surface area contributed by atoms with Crippen LogP contribution in [0.15, 0.2) is 18.2 Å². The Bertz CT molecular complexity index is 309. The Morgan fingerprint density at radius 1 is 1.42 bits per heavy atom. The third-order valence-electron chi connectivity index (χ3n) is 1.72. The lowest BCUT2D eigenvalue weighted by Crippen LogP contribution is -1.99. The van der Waals surface area contributed by atoms with Crippen LogP contribution < -0.4 is 4.18 Å². The van der Waals surface area contributed by atoms with E-state index in [9.17, 15) is 4.21 Å². The summed E-state index contributed by atoms with van der Waals surface area (Å²) >= 11 is -2.24. The van der Waals surface area contributed by atoms with Crippen molar-refractivity contribution in [2.24, 2.45) is 0 Å². The van der Waals surface area contributed by atoms with Crippen LogP contribution in [0.1, 0.15) is 11.1 Å². The van der Waals surface area contributed by atoms with Gasteiger partial charge in [0.05, 0.1) is 0 Å². The Morgan fingerprint density at radius 3 is 2.67 bits per heavy atom. The molecule has 66 valence electrons. The van der Waals surface area contributed by atoms with E-state index in [4.69, 9.17) is 4.55 Å². The fraction of sp³-hybridized carbons (Fsp3) is 0.250. The molecule has 0 radical (unpaired) electrons. The van der Waals surface area contributed by atoms with Gasteiger partial charge in [-0.3, -0.25) is 4.55 Å². The molecule has 0 amide bonds. The van der Waals surface area contributed by atoms with Gasteiger partial charge in [-0.2, -0.15) is 4.21 Å². The maximum absolute atomic E-state index is 10.3. The van der Waals surface area contributed by atoms with Crippen molar-refractivity contribution in [3.05, 3.63) is 29.3 Å². The Morgan fingerprint density at radius 2 is 2.08 bits per heavy atom. The lowest BCUT2D eigenvalue weighted by molar-refractivity contribution is 0.456. The van der Waals surface area contributed by atoms with E-state index in [1.807, 2.05) is 19.9 Å². The van der Waals surface area contributed by atoms with Gasteiger partial charge in [0.1, 0.15) is 5.75 Å². The van der Waals surface area contributed by atoms with Gasteiger partial charge in [-0.05, 0) is 31.0 Å².